The molecule has 0 atom stereocenters. The smallest absolute Gasteiger partial charge is 0.167 e. The van der Waals surface area contributed by atoms with Crippen LogP contribution in [0, 0.1) is 0 Å². The number of hydrogen-bond donors (Lipinski definition) is 0. The van der Waals surface area contributed by atoms with Crippen LogP contribution in [-0.4, -0.2) is 19.5 Å². The van der Waals surface area contributed by atoms with Crippen molar-refractivity contribution >= 4 is 65.7 Å². The summed E-state index contributed by atoms with van der Waals surface area (Å²) in [5.41, 5.74) is 9.18. The molecule has 0 saturated carbocycles. The van der Waals surface area contributed by atoms with E-state index in [-0.39, 0.29) is 0 Å². The molecule has 0 fully saturated rings. The molecule has 0 aliphatic carbocycles. The summed E-state index contributed by atoms with van der Waals surface area (Å²) in [6.07, 6.45) is 0. The number of rotatable bonds is 4. The Kier molecular flexibility index (Phi) is 5.86. The number of furan rings is 2. The highest BCUT2D eigenvalue weighted by Crippen LogP contribution is 2.38. The van der Waals surface area contributed by atoms with E-state index < -0.39 is 0 Å². The molecule has 11 rings (SSSR count). The van der Waals surface area contributed by atoms with Crippen LogP contribution >= 0.6 is 0 Å². The molecule has 0 unspecified atom stereocenters. The van der Waals surface area contributed by atoms with Gasteiger partial charge in [0.05, 0.1) is 16.6 Å². The van der Waals surface area contributed by atoms with Gasteiger partial charge in [0.2, 0.25) is 0 Å². The van der Waals surface area contributed by atoms with E-state index in [2.05, 4.69) is 89.5 Å². The summed E-state index contributed by atoms with van der Waals surface area (Å²) in [7, 11) is 0. The molecule has 4 heterocycles. The van der Waals surface area contributed by atoms with Gasteiger partial charge in [0.1, 0.15) is 22.3 Å². The maximum absolute atomic E-state index is 6.49. The second-order valence-electron chi connectivity index (χ2n) is 12.8. The van der Waals surface area contributed by atoms with Crippen LogP contribution in [0.4, 0.5) is 0 Å². The lowest BCUT2D eigenvalue weighted by molar-refractivity contribution is 0.668. The molecule has 0 aliphatic rings. The van der Waals surface area contributed by atoms with E-state index in [0.717, 1.165) is 77.3 Å². The summed E-state index contributed by atoms with van der Waals surface area (Å²) in [5, 5.41) is 6.57. The first-order valence-corrected chi connectivity index (χ1v) is 16.9. The van der Waals surface area contributed by atoms with E-state index >= 15 is 0 Å². The lowest BCUT2D eigenvalue weighted by atomic mass is 10.1. The summed E-state index contributed by atoms with van der Waals surface area (Å²) in [4.78, 5) is 15.1. The standard InChI is InChI=1S/C45H26N4O2/c1-2-11-27(12-3-1)43-46-44(48-45(47-43)35-17-10-16-34-32-15-6-9-20-39(32)51-42(34)35)28-21-24-40-36(25-28)33-23-22-29(26-41(33)50-40)49-37-18-7-4-13-30(37)31-14-5-8-19-38(31)49/h1-26H. The quantitative estimate of drug-likeness (QED) is 0.189. The second-order valence-corrected chi connectivity index (χ2v) is 12.8. The predicted molar refractivity (Wildman–Crippen MR) is 205 cm³/mol. The van der Waals surface area contributed by atoms with E-state index in [1.807, 2.05) is 72.8 Å². The molecule has 6 nitrogen and oxygen atoms in total. The molecule has 11 aromatic rings. The molecule has 0 spiro atoms. The zero-order valence-electron chi connectivity index (χ0n) is 27.1. The minimum Gasteiger partial charge on any atom is -0.456 e. The van der Waals surface area contributed by atoms with Crippen LogP contribution in [0.2, 0.25) is 0 Å². The first-order chi connectivity index (χ1) is 25.3. The highest BCUT2D eigenvalue weighted by molar-refractivity contribution is 6.11. The first-order valence-electron chi connectivity index (χ1n) is 16.9. The van der Waals surface area contributed by atoms with Crippen molar-refractivity contribution in [2.75, 3.05) is 0 Å². The lowest BCUT2D eigenvalue weighted by Gasteiger charge is -2.09. The maximum atomic E-state index is 6.49. The van der Waals surface area contributed by atoms with Crippen LogP contribution in [0.3, 0.4) is 0 Å². The molecule has 4 aromatic heterocycles. The van der Waals surface area contributed by atoms with Gasteiger partial charge < -0.3 is 13.4 Å². The monoisotopic (exact) mass is 654 g/mol. The maximum Gasteiger partial charge on any atom is 0.167 e. The Morgan fingerprint density at radius 3 is 1.80 bits per heavy atom. The molecular weight excluding hydrogens is 629 g/mol. The zero-order chi connectivity index (χ0) is 33.5. The molecule has 238 valence electrons. The number of nitrogens with zero attached hydrogens (tertiary/aromatic N) is 4. The summed E-state index contributed by atoms with van der Waals surface area (Å²) >= 11 is 0. The fourth-order valence-corrected chi connectivity index (χ4v) is 7.51. The van der Waals surface area contributed by atoms with Crippen molar-refractivity contribution in [1.29, 1.82) is 0 Å². The van der Waals surface area contributed by atoms with Gasteiger partial charge in [0, 0.05) is 55.2 Å². The first kappa shape index (κ1) is 27.9. The predicted octanol–water partition coefficient (Wildman–Crippen LogP) is 11.8. The number of aromatic nitrogens is 4. The average molecular weight is 655 g/mol. The van der Waals surface area contributed by atoms with Crippen molar-refractivity contribution in [1.82, 2.24) is 19.5 Å². The van der Waals surface area contributed by atoms with Gasteiger partial charge in [-0.3, -0.25) is 0 Å². The van der Waals surface area contributed by atoms with Crippen LogP contribution < -0.4 is 0 Å². The Labute approximate surface area is 290 Å². The van der Waals surface area contributed by atoms with Crippen molar-refractivity contribution in [2.45, 2.75) is 0 Å². The Balaban J connectivity index is 1.08. The van der Waals surface area contributed by atoms with Gasteiger partial charge in [-0.1, -0.05) is 97.1 Å². The van der Waals surface area contributed by atoms with Crippen molar-refractivity contribution in [3.05, 3.63) is 158 Å². The number of fused-ring (bicyclic) bond motifs is 9. The zero-order valence-corrected chi connectivity index (χ0v) is 27.1. The Bertz CT molecular complexity index is 3100. The van der Waals surface area contributed by atoms with Crippen molar-refractivity contribution in [3.63, 3.8) is 0 Å². The normalized spacial score (nSPS) is 11.9. The molecule has 51 heavy (non-hydrogen) atoms. The molecule has 7 aromatic carbocycles. The third-order valence-electron chi connectivity index (χ3n) is 9.86. The summed E-state index contributed by atoms with van der Waals surface area (Å²) in [5.74, 6) is 1.72. The Morgan fingerprint density at radius 2 is 1.00 bits per heavy atom. The van der Waals surface area contributed by atoms with E-state index in [9.17, 15) is 0 Å². The van der Waals surface area contributed by atoms with Gasteiger partial charge >= 0.3 is 0 Å². The van der Waals surface area contributed by atoms with Crippen LogP contribution in [0.25, 0.3) is 106 Å². The van der Waals surface area contributed by atoms with Crippen molar-refractivity contribution in [2.24, 2.45) is 0 Å². The molecule has 0 bridgehead atoms. The molecular formula is C45H26N4O2. The second kappa shape index (κ2) is 10.7. The summed E-state index contributed by atoms with van der Waals surface area (Å²) in [6, 6.07) is 53.9. The van der Waals surface area contributed by atoms with Gasteiger partial charge in [-0.15, -0.1) is 0 Å². The van der Waals surface area contributed by atoms with Gasteiger partial charge in [-0.25, -0.2) is 15.0 Å². The van der Waals surface area contributed by atoms with E-state index in [1.54, 1.807) is 0 Å². The third-order valence-corrected chi connectivity index (χ3v) is 9.86. The fraction of sp³-hybridized carbons (Fsp3) is 0. The number of para-hydroxylation sites is 4. The fourth-order valence-electron chi connectivity index (χ4n) is 7.51. The van der Waals surface area contributed by atoms with Crippen LogP contribution in [0.1, 0.15) is 0 Å². The van der Waals surface area contributed by atoms with Gasteiger partial charge in [-0.05, 0) is 54.6 Å². The molecule has 0 aliphatic heterocycles. The van der Waals surface area contributed by atoms with Crippen LogP contribution in [0.5, 0.6) is 0 Å². The van der Waals surface area contributed by atoms with Gasteiger partial charge in [-0.2, -0.15) is 0 Å². The van der Waals surface area contributed by atoms with E-state index in [1.165, 1.54) is 10.8 Å². The number of hydrogen-bond acceptors (Lipinski definition) is 5. The average Bonchev–Trinajstić information content (AvgIpc) is 3.87. The molecule has 6 heteroatoms. The number of benzene rings is 7. The van der Waals surface area contributed by atoms with Crippen molar-refractivity contribution < 1.29 is 8.83 Å². The third kappa shape index (κ3) is 4.26. The molecule has 0 N–H and O–H groups in total. The van der Waals surface area contributed by atoms with E-state index in [0.29, 0.717) is 17.5 Å². The SMILES string of the molecule is c1ccc(-c2nc(-c3ccc4oc5cc(-n6c7ccccc7c7ccccc76)ccc5c4c3)nc(-c3cccc4c3oc3ccccc34)n2)cc1. The topological polar surface area (TPSA) is 69.9 Å². The Hall–Kier alpha value is -7.05. The lowest BCUT2D eigenvalue weighted by Crippen LogP contribution is -2.00. The van der Waals surface area contributed by atoms with Crippen LogP contribution in [0.15, 0.2) is 167 Å². The highest BCUT2D eigenvalue weighted by atomic mass is 16.3. The summed E-state index contributed by atoms with van der Waals surface area (Å²) in [6.45, 7) is 0. The largest absolute Gasteiger partial charge is 0.456 e. The minimum atomic E-state index is 0.552. The molecule has 0 radical (unpaired) electrons. The summed E-state index contributed by atoms with van der Waals surface area (Å²) < 4.78 is 15.2. The van der Waals surface area contributed by atoms with E-state index in [4.69, 9.17) is 23.8 Å². The van der Waals surface area contributed by atoms with Gasteiger partial charge in [0.15, 0.2) is 17.5 Å². The Morgan fingerprint density at radius 1 is 0.373 bits per heavy atom. The van der Waals surface area contributed by atoms with Gasteiger partial charge in [0.25, 0.3) is 0 Å². The van der Waals surface area contributed by atoms with Crippen LogP contribution in [-0.2, 0) is 0 Å². The minimum absolute atomic E-state index is 0.552. The highest BCUT2D eigenvalue weighted by Gasteiger charge is 2.19. The molecule has 0 saturated heterocycles. The van der Waals surface area contributed by atoms with Crippen molar-refractivity contribution in [3.8, 4) is 39.9 Å². The molecule has 0 amide bonds.